The molecular formula is C14H16ClNO4. The number of halogens is 1. The fourth-order valence-corrected chi connectivity index (χ4v) is 1.93. The highest BCUT2D eigenvalue weighted by atomic mass is 35.5. The van der Waals surface area contributed by atoms with Crippen molar-refractivity contribution in [2.75, 3.05) is 13.2 Å². The van der Waals surface area contributed by atoms with Gasteiger partial charge in [0, 0.05) is 11.4 Å². The summed E-state index contributed by atoms with van der Waals surface area (Å²) in [6.45, 7) is 2.45. The van der Waals surface area contributed by atoms with Gasteiger partial charge in [-0.1, -0.05) is 22.8 Å². The highest BCUT2D eigenvalue weighted by Crippen LogP contribution is 2.19. The molecule has 6 heteroatoms. The molecule has 0 aliphatic carbocycles. The van der Waals surface area contributed by atoms with Gasteiger partial charge in [-0.15, -0.1) is 0 Å². The predicted octanol–water partition coefficient (Wildman–Crippen LogP) is 2.82. The van der Waals surface area contributed by atoms with Crippen molar-refractivity contribution in [2.24, 2.45) is 5.16 Å². The quantitative estimate of drug-likeness (QED) is 0.784. The van der Waals surface area contributed by atoms with Crippen LogP contribution in [0.4, 0.5) is 0 Å². The lowest BCUT2D eigenvalue weighted by Crippen LogP contribution is -2.29. The second kappa shape index (κ2) is 7.14. The number of benzene rings is 1. The first-order valence-electron chi connectivity index (χ1n) is 6.47. The molecule has 0 fully saturated rings. The lowest BCUT2D eigenvalue weighted by atomic mass is 10.1. The highest BCUT2D eigenvalue weighted by Gasteiger charge is 2.23. The Bertz CT molecular complexity index is 504. The van der Waals surface area contributed by atoms with Gasteiger partial charge in [0.1, 0.15) is 12.4 Å². The van der Waals surface area contributed by atoms with Crippen LogP contribution in [0.3, 0.4) is 0 Å². The van der Waals surface area contributed by atoms with Crippen LogP contribution in [0, 0.1) is 0 Å². The van der Waals surface area contributed by atoms with Crippen LogP contribution >= 0.6 is 11.6 Å². The van der Waals surface area contributed by atoms with Crippen LogP contribution in [-0.2, 0) is 14.4 Å². The summed E-state index contributed by atoms with van der Waals surface area (Å²) in [6, 6.07) is 7.15. The van der Waals surface area contributed by atoms with Gasteiger partial charge in [-0.3, -0.25) is 0 Å². The van der Waals surface area contributed by atoms with Crippen molar-refractivity contribution in [1.82, 2.24) is 0 Å². The van der Waals surface area contributed by atoms with E-state index < -0.39 is 5.97 Å². The van der Waals surface area contributed by atoms with E-state index in [0.29, 0.717) is 42.5 Å². The molecule has 0 bridgehead atoms. The number of rotatable bonds is 5. The van der Waals surface area contributed by atoms with E-state index in [0.717, 1.165) is 0 Å². The number of ether oxygens (including phenoxy) is 2. The number of nitrogens with zero attached hydrogens (tertiary/aromatic N) is 1. The number of carbonyl (C=O) groups is 1. The molecule has 20 heavy (non-hydrogen) atoms. The normalized spacial score (nSPS) is 17.9. The van der Waals surface area contributed by atoms with Crippen molar-refractivity contribution in [3.05, 3.63) is 29.3 Å². The van der Waals surface area contributed by atoms with Crippen molar-refractivity contribution in [2.45, 2.75) is 25.9 Å². The van der Waals surface area contributed by atoms with Crippen LogP contribution in [0.5, 0.6) is 5.75 Å². The first-order chi connectivity index (χ1) is 9.69. The van der Waals surface area contributed by atoms with Crippen LogP contribution in [0.1, 0.15) is 19.8 Å². The van der Waals surface area contributed by atoms with Gasteiger partial charge in [0.2, 0.25) is 0 Å². The third kappa shape index (κ3) is 4.13. The van der Waals surface area contributed by atoms with E-state index >= 15 is 0 Å². The first kappa shape index (κ1) is 14.7. The van der Waals surface area contributed by atoms with Gasteiger partial charge >= 0.3 is 5.97 Å². The SMILES string of the molecule is CCOC(=O)C1=NOC(COc2cccc(Cl)c2)CC1. The second-order valence-electron chi connectivity index (χ2n) is 4.29. The zero-order chi connectivity index (χ0) is 14.4. The van der Waals surface area contributed by atoms with E-state index in [9.17, 15) is 4.79 Å². The summed E-state index contributed by atoms with van der Waals surface area (Å²) >= 11 is 5.87. The van der Waals surface area contributed by atoms with Gasteiger partial charge in [-0.25, -0.2) is 4.79 Å². The third-order valence-corrected chi connectivity index (χ3v) is 2.99. The minimum Gasteiger partial charge on any atom is -0.490 e. The van der Waals surface area contributed by atoms with Crippen LogP contribution in [0.15, 0.2) is 29.4 Å². The van der Waals surface area contributed by atoms with E-state index in [1.165, 1.54) is 0 Å². The smallest absolute Gasteiger partial charge is 0.356 e. The van der Waals surface area contributed by atoms with E-state index in [1.807, 2.05) is 12.1 Å². The Kier molecular flexibility index (Phi) is 5.24. The minimum absolute atomic E-state index is 0.174. The molecule has 108 valence electrons. The molecule has 1 aliphatic rings. The molecule has 0 saturated carbocycles. The molecule has 1 aromatic carbocycles. The third-order valence-electron chi connectivity index (χ3n) is 2.76. The molecule has 1 aliphatic heterocycles. The standard InChI is InChI=1S/C14H16ClNO4/c1-2-18-14(17)13-7-6-12(20-16-13)9-19-11-5-3-4-10(15)8-11/h3-5,8,12H,2,6-7,9H2,1H3. The van der Waals surface area contributed by atoms with Gasteiger partial charge in [0.15, 0.2) is 11.8 Å². The number of esters is 1. The van der Waals surface area contributed by atoms with E-state index in [-0.39, 0.29) is 6.10 Å². The maximum atomic E-state index is 11.4. The molecule has 1 aromatic rings. The molecule has 0 amide bonds. The van der Waals surface area contributed by atoms with Crippen LogP contribution < -0.4 is 4.74 Å². The number of hydrogen-bond donors (Lipinski definition) is 0. The van der Waals surface area contributed by atoms with Gasteiger partial charge in [-0.2, -0.15) is 0 Å². The van der Waals surface area contributed by atoms with Crippen molar-refractivity contribution in [3.8, 4) is 5.75 Å². The maximum absolute atomic E-state index is 11.4. The minimum atomic E-state index is -0.415. The summed E-state index contributed by atoms with van der Waals surface area (Å²) in [5.74, 6) is 0.267. The fourth-order valence-electron chi connectivity index (χ4n) is 1.75. The van der Waals surface area contributed by atoms with Crippen molar-refractivity contribution >= 4 is 23.3 Å². The summed E-state index contributed by atoms with van der Waals surface area (Å²) in [4.78, 5) is 16.7. The van der Waals surface area contributed by atoms with Crippen LogP contribution in [-0.4, -0.2) is 31.0 Å². The fraction of sp³-hybridized carbons (Fsp3) is 0.429. The zero-order valence-electron chi connectivity index (χ0n) is 11.2. The summed E-state index contributed by atoms with van der Waals surface area (Å²) in [5.41, 5.74) is 0.325. The monoisotopic (exact) mass is 297 g/mol. The molecule has 1 atom stereocenters. The summed E-state index contributed by atoms with van der Waals surface area (Å²) in [6.07, 6.45) is 1.02. The summed E-state index contributed by atoms with van der Waals surface area (Å²) in [7, 11) is 0. The molecule has 1 heterocycles. The van der Waals surface area contributed by atoms with Crippen LogP contribution in [0.2, 0.25) is 5.02 Å². The lowest BCUT2D eigenvalue weighted by molar-refractivity contribution is -0.135. The predicted molar refractivity (Wildman–Crippen MR) is 75.1 cm³/mol. The topological polar surface area (TPSA) is 57.1 Å². The van der Waals surface area contributed by atoms with Gasteiger partial charge < -0.3 is 14.3 Å². The molecule has 2 rings (SSSR count). The summed E-state index contributed by atoms with van der Waals surface area (Å²) < 4.78 is 10.4. The Balaban J connectivity index is 1.81. The Labute approximate surface area is 122 Å². The molecule has 0 radical (unpaired) electrons. The zero-order valence-corrected chi connectivity index (χ0v) is 11.9. The van der Waals surface area contributed by atoms with Crippen LogP contribution in [0.25, 0.3) is 0 Å². The van der Waals surface area contributed by atoms with Gasteiger partial charge in [0.05, 0.1) is 6.61 Å². The Morgan fingerprint density at radius 3 is 3.05 bits per heavy atom. The van der Waals surface area contributed by atoms with Gasteiger partial charge in [0.25, 0.3) is 0 Å². The Morgan fingerprint density at radius 1 is 1.55 bits per heavy atom. The molecule has 5 nitrogen and oxygen atoms in total. The highest BCUT2D eigenvalue weighted by molar-refractivity contribution is 6.36. The van der Waals surface area contributed by atoms with Crippen molar-refractivity contribution in [1.29, 1.82) is 0 Å². The van der Waals surface area contributed by atoms with E-state index in [1.54, 1.807) is 19.1 Å². The molecular weight excluding hydrogens is 282 g/mol. The first-order valence-corrected chi connectivity index (χ1v) is 6.85. The van der Waals surface area contributed by atoms with E-state index in [2.05, 4.69) is 5.16 Å². The number of oxime groups is 1. The Hall–Kier alpha value is -1.75. The van der Waals surface area contributed by atoms with Crippen molar-refractivity contribution in [3.63, 3.8) is 0 Å². The average Bonchev–Trinajstić information content (AvgIpc) is 2.46. The molecule has 0 N–H and O–H groups in total. The molecule has 1 unspecified atom stereocenters. The average molecular weight is 298 g/mol. The molecule has 0 spiro atoms. The number of carbonyl (C=O) groups excluding carboxylic acids is 1. The van der Waals surface area contributed by atoms with Crippen molar-refractivity contribution < 1.29 is 19.1 Å². The molecule has 0 saturated heterocycles. The maximum Gasteiger partial charge on any atom is 0.356 e. The van der Waals surface area contributed by atoms with Gasteiger partial charge in [-0.05, 0) is 31.5 Å². The molecule has 0 aromatic heterocycles. The largest absolute Gasteiger partial charge is 0.490 e. The van der Waals surface area contributed by atoms with E-state index in [4.69, 9.17) is 25.9 Å². The lowest BCUT2D eigenvalue weighted by Gasteiger charge is -2.20. The second-order valence-corrected chi connectivity index (χ2v) is 4.73. The Morgan fingerprint density at radius 2 is 2.40 bits per heavy atom. The summed E-state index contributed by atoms with van der Waals surface area (Å²) in [5, 5.41) is 4.42. The number of hydrogen-bond acceptors (Lipinski definition) is 5.